The summed E-state index contributed by atoms with van der Waals surface area (Å²) in [6.45, 7) is 6.89. The Bertz CT molecular complexity index is 446. The lowest BCUT2D eigenvalue weighted by atomic mass is 10.0. The summed E-state index contributed by atoms with van der Waals surface area (Å²) in [5, 5.41) is 3.84. The highest BCUT2D eigenvalue weighted by atomic mass is 35.5. The van der Waals surface area contributed by atoms with E-state index in [1.807, 2.05) is 24.3 Å². The van der Waals surface area contributed by atoms with Crippen LogP contribution in [-0.4, -0.2) is 30.4 Å². The molecule has 2 atom stereocenters. The smallest absolute Gasteiger partial charge is 0.234 e. The molecule has 2 rings (SSSR count). The fourth-order valence-corrected chi connectivity index (χ4v) is 2.86. The van der Waals surface area contributed by atoms with Crippen LogP contribution in [0.5, 0.6) is 0 Å². The lowest BCUT2D eigenvalue weighted by Crippen LogP contribution is -2.37. The summed E-state index contributed by atoms with van der Waals surface area (Å²) in [7, 11) is 0. The molecule has 1 N–H and O–H groups in total. The highest BCUT2D eigenvalue weighted by molar-refractivity contribution is 6.30. The van der Waals surface area contributed by atoms with Crippen LogP contribution in [0.1, 0.15) is 38.3 Å². The number of amides is 1. The molecule has 1 amide bonds. The molecule has 2 unspecified atom stereocenters. The van der Waals surface area contributed by atoms with Crippen LogP contribution in [0, 0.1) is 5.92 Å². The van der Waals surface area contributed by atoms with Gasteiger partial charge in [-0.05, 0) is 43.0 Å². The van der Waals surface area contributed by atoms with Gasteiger partial charge in [0.15, 0.2) is 0 Å². The largest absolute Gasteiger partial charge is 0.348 e. The Morgan fingerprint density at radius 2 is 2.15 bits per heavy atom. The highest BCUT2D eigenvalue weighted by Gasteiger charge is 2.21. The van der Waals surface area contributed by atoms with E-state index in [4.69, 9.17) is 11.6 Å². The van der Waals surface area contributed by atoms with Crippen LogP contribution in [0.15, 0.2) is 24.3 Å². The van der Waals surface area contributed by atoms with Crippen molar-refractivity contribution in [3.05, 3.63) is 34.9 Å². The van der Waals surface area contributed by atoms with Gasteiger partial charge in [0.2, 0.25) is 5.91 Å². The third-order valence-corrected chi connectivity index (χ3v) is 4.14. The van der Waals surface area contributed by atoms with Crippen molar-refractivity contribution in [2.24, 2.45) is 5.92 Å². The summed E-state index contributed by atoms with van der Waals surface area (Å²) in [5.41, 5.74) is 1.11. The molecule has 0 radical (unpaired) electrons. The average Bonchev–Trinajstić information content (AvgIpc) is 2.82. The fraction of sp³-hybridized carbons (Fsp3) is 0.562. The third kappa shape index (κ3) is 4.22. The summed E-state index contributed by atoms with van der Waals surface area (Å²) < 4.78 is 0. The molecule has 1 aliphatic heterocycles. The molecule has 1 heterocycles. The number of hydrogen-bond acceptors (Lipinski definition) is 2. The van der Waals surface area contributed by atoms with Crippen molar-refractivity contribution >= 4 is 17.5 Å². The van der Waals surface area contributed by atoms with Crippen molar-refractivity contribution in [1.29, 1.82) is 0 Å². The first kappa shape index (κ1) is 15.3. The standard InChI is InChI=1S/C16H23ClN2O/c1-3-15(13-4-6-14(17)7-5-13)18-16(20)11-19-9-8-12(2)10-19/h4-7,12,15H,3,8-11H2,1-2H3,(H,18,20). The zero-order valence-electron chi connectivity index (χ0n) is 12.2. The summed E-state index contributed by atoms with van der Waals surface area (Å²) in [6, 6.07) is 7.77. The van der Waals surface area contributed by atoms with E-state index in [1.165, 1.54) is 6.42 Å². The highest BCUT2D eigenvalue weighted by Crippen LogP contribution is 2.19. The van der Waals surface area contributed by atoms with Crippen LogP contribution in [0.2, 0.25) is 5.02 Å². The first-order valence-corrected chi connectivity index (χ1v) is 7.73. The van der Waals surface area contributed by atoms with E-state index in [1.54, 1.807) is 0 Å². The Morgan fingerprint density at radius 1 is 1.45 bits per heavy atom. The number of carbonyl (C=O) groups is 1. The Labute approximate surface area is 126 Å². The van der Waals surface area contributed by atoms with Crippen LogP contribution in [0.4, 0.5) is 0 Å². The molecule has 0 aliphatic carbocycles. The maximum Gasteiger partial charge on any atom is 0.234 e. The molecule has 0 spiro atoms. The number of nitrogens with one attached hydrogen (secondary N) is 1. The Kier molecular flexibility index (Phi) is 5.44. The molecule has 1 aromatic carbocycles. The normalized spacial score (nSPS) is 20.9. The van der Waals surface area contributed by atoms with Gasteiger partial charge in [-0.1, -0.05) is 37.6 Å². The Morgan fingerprint density at radius 3 is 2.70 bits per heavy atom. The van der Waals surface area contributed by atoms with E-state index in [-0.39, 0.29) is 11.9 Å². The molecule has 3 nitrogen and oxygen atoms in total. The molecule has 110 valence electrons. The van der Waals surface area contributed by atoms with E-state index < -0.39 is 0 Å². The van der Waals surface area contributed by atoms with Crippen molar-refractivity contribution < 1.29 is 4.79 Å². The van der Waals surface area contributed by atoms with E-state index in [9.17, 15) is 4.79 Å². The van der Waals surface area contributed by atoms with Gasteiger partial charge in [-0.15, -0.1) is 0 Å². The second-order valence-corrected chi connectivity index (χ2v) is 6.15. The van der Waals surface area contributed by atoms with Crippen LogP contribution >= 0.6 is 11.6 Å². The maximum absolute atomic E-state index is 12.1. The quantitative estimate of drug-likeness (QED) is 0.904. The maximum atomic E-state index is 12.1. The van der Waals surface area contributed by atoms with Crippen molar-refractivity contribution in [3.63, 3.8) is 0 Å². The van der Waals surface area contributed by atoms with Crippen molar-refractivity contribution in [2.75, 3.05) is 19.6 Å². The first-order chi connectivity index (χ1) is 9.58. The molecule has 1 aromatic rings. The van der Waals surface area contributed by atoms with Gasteiger partial charge in [-0.3, -0.25) is 9.69 Å². The Balaban J connectivity index is 1.89. The van der Waals surface area contributed by atoms with E-state index >= 15 is 0 Å². The number of likely N-dealkylation sites (tertiary alicyclic amines) is 1. The minimum absolute atomic E-state index is 0.0693. The number of halogens is 1. The topological polar surface area (TPSA) is 32.3 Å². The molecule has 0 saturated carbocycles. The SMILES string of the molecule is CCC(NC(=O)CN1CCC(C)C1)c1ccc(Cl)cc1. The van der Waals surface area contributed by atoms with Gasteiger partial charge in [-0.25, -0.2) is 0 Å². The number of hydrogen-bond donors (Lipinski definition) is 1. The van der Waals surface area contributed by atoms with Gasteiger partial charge in [0.05, 0.1) is 12.6 Å². The number of nitrogens with zero attached hydrogens (tertiary/aromatic N) is 1. The van der Waals surface area contributed by atoms with Crippen LogP contribution in [0.25, 0.3) is 0 Å². The van der Waals surface area contributed by atoms with Gasteiger partial charge in [0.25, 0.3) is 0 Å². The lowest BCUT2D eigenvalue weighted by molar-refractivity contribution is -0.122. The molecule has 20 heavy (non-hydrogen) atoms. The molecule has 1 aliphatic rings. The summed E-state index contributed by atoms with van der Waals surface area (Å²) in [4.78, 5) is 14.4. The molecular formula is C16H23ClN2O. The van der Waals surface area contributed by atoms with Gasteiger partial charge >= 0.3 is 0 Å². The number of carbonyl (C=O) groups excluding carboxylic acids is 1. The van der Waals surface area contributed by atoms with Gasteiger partial charge in [0.1, 0.15) is 0 Å². The van der Waals surface area contributed by atoms with E-state index in [0.717, 1.165) is 30.1 Å². The van der Waals surface area contributed by atoms with Gasteiger partial charge in [0, 0.05) is 11.6 Å². The summed E-state index contributed by atoms with van der Waals surface area (Å²) in [6.07, 6.45) is 2.07. The van der Waals surface area contributed by atoms with E-state index in [0.29, 0.717) is 12.5 Å². The Hall–Kier alpha value is -1.06. The predicted octanol–water partition coefficient (Wildman–Crippen LogP) is 3.25. The first-order valence-electron chi connectivity index (χ1n) is 7.35. The monoisotopic (exact) mass is 294 g/mol. The number of benzene rings is 1. The molecule has 0 bridgehead atoms. The number of rotatable bonds is 5. The second kappa shape index (κ2) is 7.09. The zero-order chi connectivity index (χ0) is 14.5. The molecule has 0 aromatic heterocycles. The van der Waals surface area contributed by atoms with Crippen LogP contribution in [-0.2, 0) is 4.79 Å². The van der Waals surface area contributed by atoms with Gasteiger partial charge in [-0.2, -0.15) is 0 Å². The van der Waals surface area contributed by atoms with Gasteiger partial charge < -0.3 is 5.32 Å². The molecular weight excluding hydrogens is 272 g/mol. The minimum atomic E-state index is 0.0693. The van der Waals surface area contributed by atoms with E-state index in [2.05, 4.69) is 24.1 Å². The third-order valence-electron chi connectivity index (χ3n) is 3.89. The van der Waals surface area contributed by atoms with Crippen LogP contribution in [0.3, 0.4) is 0 Å². The average molecular weight is 295 g/mol. The minimum Gasteiger partial charge on any atom is -0.348 e. The van der Waals surface area contributed by atoms with Crippen molar-refractivity contribution in [1.82, 2.24) is 10.2 Å². The van der Waals surface area contributed by atoms with Crippen molar-refractivity contribution in [3.8, 4) is 0 Å². The molecule has 1 saturated heterocycles. The molecule has 1 fully saturated rings. The molecule has 4 heteroatoms. The fourth-order valence-electron chi connectivity index (χ4n) is 2.73. The predicted molar refractivity (Wildman–Crippen MR) is 82.8 cm³/mol. The van der Waals surface area contributed by atoms with Crippen LogP contribution < -0.4 is 5.32 Å². The lowest BCUT2D eigenvalue weighted by Gasteiger charge is -2.20. The zero-order valence-corrected chi connectivity index (χ0v) is 13.0. The summed E-state index contributed by atoms with van der Waals surface area (Å²) in [5.74, 6) is 0.821. The van der Waals surface area contributed by atoms with Crippen molar-refractivity contribution in [2.45, 2.75) is 32.7 Å². The second-order valence-electron chi connectivity index (χ2n) is 5.71. The summed E-state index contributed by atoms with van der Waals surface area (Å²) >= 11 is 5.90.